The summed E-state index contributed by atoms with van der Waals surface area (Å²) in [5.41, 5.74) is -0.501. The second kappa shape index (κ2) is 11.6. The Morgan fingerprint density at radius 3 is 2.42 bits per heavy atom. The molecule has 0 aliphatic heterocycles. The van der Waals surface area contributed by atoms with Crippen LogP contribution in [0.2, 0.25) is 5.02 Å². The van der Waals surface area contributed by atoms with E-state index in [4.69, 9.17) is 21.1 Å². The largest absolute Gasteiger partial charge is 0.490 e. The highest BCUT2D eigenvalue weighted by atomic mass is 35.5. The number of hydrogen-bond acceptors (Lipinski definition) is 4. The van der Waals surface area contributed by atoms with Crippen molar-refractivity contribution < 1.29 is 31.8 Å². The number of benzene rings is 3. The minimum Gasteiger partial charge on any atom is -0.490 e. The summed E-state index contributed by atoms with van der Waals surface area (Å²) in [7, 11) is 0. The van der Waals surface area contributed by atoms with Crippen molar-refractivity contribution in [2.24, 2.45) is 0 Å². The summed E-state index contributed by atoms with van der Waals surface area (Å²) in [6.07, 6.45) is -3.38. The lowest BCUT2D eigenvalue weighted by Gasteiger charge is -2.13. The topological polar surface area (TPSA) is 71.3 Å². The van der Waals surface area contributed by atoms with Crippen molar-refractivity contribution in [1.82, 2.24) is 0 Å². The Morgan fingerprint density at radius 1 is 1.06 bits per heavy atom. The number of halogens is 5. The van der Waals surface area contributed by atoms with Crippen LogP contribution in [-0.4, -0.2) is 12.5 Å². The molecule has 1 amide bonds. The average Bonchev–Trinajstić information content (AvgIpc) is 2.83. The summed E-state index contributed by atoms with van der Waals surface area (Å²) < 4.78 is 63.4. The molecule has 36 heavy (non-hydrogen) atoms. The zero-order chi connectivity index (χ0) is 26.3. The molecule has 0 aliphatic rings. The maximum absolute atomic E-state index is 13.1. The van der Waals surface area contributed by atoms with E-state index in [2.05, 4.69) is 5.32 Å². The first-order valence-corrected chi connectivity index (χ1v) is 10.9. The summed E-state index contributed by atoms with van der Waals surface area (Å²) in [5, 5.41) is 11.6. The highest BCUT2D eigenvalue weighted by Crippen LogP contribution is 2.34. The molecule has 0 spiro atoms. The number of nitrogens with zero attached hydrogens (tertiary/aromatic N) is 1. The second-order valence-electron chi connectivity index (χ2n) is 7.37. The standard InChI is InChI=1S/C26H19ClF4N2O3/c1-2-35-24-12-17(5-10-23(24)36-15-16-3-7-20(28)8-4-16)11-18(14-32)25(34)33-22-13-19(26(29,30)31)6-9-21(22)27/h3-13H,2,15H2,1H3,(H,33,34). The van der Waals surface area contributed by atoms with E-state index in [-0.39, 0.29) is 28.7 Å². The van der Waals surface area contributed by atoms with Crippen molar-refractivity contribution >= 4 is 29.3 Å². The highest BCUT2D eigenvalue weighted by Gasteiger charge is 2.31. The number of hydrogen-bond donors (Lipinski definition) is 1. The summed E-state index contributed by atoms with van der Waals surface area (Å²) in [4.78, 5) is 12.6. The Bertz CT molecular complexity index is 1320. The van der Waals surface area contributed by atoms with E-state index >= 15 is 0 Å². The molecule has 0 saturated heterocycles. The van der Waals surface area contributed by atoms with Crippen LogP contribution >= 0.6 is 11.6 Å². The smallest absolute Gasteiger partial charge is 0.416 e. The van der Waals surface area contributed by atoms with Gasteiger partial charge < -0.3 is 14.8 Å². The van der Waals surface area contributed by atoms with Crippen LogP contribution in [0.5, 0.6) is 11.5 Å². The number of nitriles is 1. The van der Waals surface area contributed by atoms with Crippen LogP contribution in [0.4, 0.5) is 23.2 Å². The Balaban J connectivity index is 1.81. The molecular formula is C26H19ClF4N2O3. The summed E-state index contributed by atoms with van der Waals surface area (Å²) >= 11 is 5.92. The predicted octanol–water partition coefficient (Wildman–Crippen LogP) is 7.02. The van der Waals surface area contributed by atoms with Crippen molar-refractivity contribution in [2.75, 3.05) is 11.9 Å². The van der Waals surface area contributed by atoms with Crippen molar-refractivity contribution in [3.05, 3.63) is 93.8 Å². The van der Waals surface area contributed by atoms with Crippen molar-refractivity contribution in [3.63, 3.8) is 0 Å². The SMILES string of the molecule is CCOc1cc(C=C(C#N)C(=O)Nc2cc(C(F)(F)F)ccc2Cl)ccc1OCc1ccc(F)cc1. The third-order valence-electron chi connectivity index (χ3n) is 4.79. The van der Waals surface area contributed by atoms with Gasteiger partial charge in [-0.3, -0.25) is 4.79 Å². The fourth-order valence-electron chi connectivity index (χ4n) is 3.05. The molecule has 3 rings (SSSR count). The molecule has 0 fully saturated rings. The molecule has 3 aromatic carbocycles. The molecule has 0 atom stereocenters. The first kappa shape index (κ1) is 26.6. The van der Waals surface area contributed by atoms with E-state index in [0.717, 1.165) is 17.7 Å². The van der Waals surface area contributed by atoms with Gasteiger partial charge >= 0.3 is 6.18 Å². The first-order chi connectivity index (χ1) is 17.1. The molecule has 0 heterocycles. The molecule has 0 unspecified atom stereocenters. The quantitative estimate of drug-likeness (QED) is 0.197. The normalized spacial score (nSPS) is 11.5. The predicted molar refractivity (Wildman–Crippen MR) is 127 cm³/mol. The van der Waals surface area contributed by atoms with Crippen molar-refractivity contribution in [3.8, 4) is 17.6 Å². The lowest BCUT2D eigenvalue weighted by atomic mass is 10.1. The molecular weight excluding hydrogens is 500 g/mol. The lowest BCUT2D eigenvalue weighted by Crippen LogP contribution is -2.15. The number of nitrogens with one attached hydrogen (secondary N) is 1. The molecule has 10 heteroatoms. The van der Waals surface area contributed by atoms with Crippen LogP contribution in [0.1, 0.15) is 23.6 Å². The Kier molecular flexibility index (Phi) is 8.56. The summed E-state index contributed by atoms with van der Waals surface area (Å²) in [6, 6.07) is 14.7. The van der Waals surface area contributed by atoms with E-state index in [0.29, 0.717) is 29.7 Å². The fraction of sp³-hybridized carbons (Fsp3) is 0.154. The number of alkyl halides is 3. The van der Waals surface area contributed by atoms with Gasteiger partial charge in [0, 0.05) is 0 Å². The molecule has 0 aromatic heterocycles. The fourth-order valence-corrected chi connectivity index (χ4v) is 3.21. The summed E-state index contributed by atoms with van der Waals surface area (Å²) in [6.45, 7) is 2.22. The molecule has 3 aromatic rings. The molecule has 0 bridgehead atoms. The van der Waals surface area contributed by atoms with Crippen LogP contribution < -0.4 is 14.8 Å². The molecule has 0 saturated carbocycles. The average molecular weight is 519 g/mol. The number of carbonyl (C=O) groups is 1. The molecule has 1 N–H and O–H groups in total. The number of ether oxygens (including phenoxy) is 2. The van der Waals surface area contributed by atoms with Gasteiger partial charge in [-0.05, 0) is 66.6 Å². The zero-order valence-electron chi connectivity index (χ0n) is 18.8. The highest BCUT2D eigenvalue weighted by molar-refractivity contribution is 6.34. The van der Waals surface area contributed by atoms with Gasteiger partial charge in [0.05, 0.1) is 22.9 Å². The molecule has 186 valence electrons. The third-order valence-corrected chi connectivity index (χ3v) is 5.12. The number of anilines is 1. The van der Waals surface area contributed by atoms with Crippen molar-refractivity contribution in [2.45, 2.75) is 19.7 Å². The third kappa shape index (κ3) is 6.99. The van der Waals surface area contributed by atoms with Crippen LogP contribution in [0.15, 0.2) is 66.2 Å². The molecule has 5 nitrogen and oxygen atoms in total. The van der Waals surface area contributed by atoms with Gasteiger partial charge in [0.1, 0.15) is 24.1 Å². The van der Waals surface area contributed by atoms with E-state index in [9.17, 15) is 27.6 Å². The van der Waals surface area contributed by atoms with Crippen LogP contribution in [0.3, 0.4) is 0 Å². The Hall–Kier alpha value is -4.03. The van der Waals surface area contributed by atoms with Gasteiger partial charge in [0.25, 0.3) is 5.91 Å². The van der Waals surface area contributed by atoms with Crippen LogP contribution in [0.25, 0.3) is 6.08 Å². The van der Waals surface area contributed by atoms with Gasteiger partial charge in [-0.15, -0.1) is 0 Å². The number of rotatable bonds is 8. The van der Waals surface area contributed by atoms with E-state index in [1.54, 1.807) is 43.3 Å². The second-order valence-corrected chi connectivity index (χ2v) is 7.78. The minimum atomic E-state index is -4.63. The zero-order valence-corrected chi connectivity index (χ0v) is 19.6. The Labute approximate surface area is 209 Å². The molecule has 0 aliphatic carbocycles. The van der Waals surface area contributed by atoms with E-state index in [1.165, 1.54) is 18.2 Å². The van der Waals surface area contributed by atoms with Gasteiger partial charge in [-0.2, -0.15) is 18.4 Å². The van der Waals surface area contributed by atoms with Crippen LogP contribution in [0, 0.1) is 17.1 Å². The lowest BCUT2D eigenvalue weighted by molar-refractivity contribution is -0.137. The van der Waals surface area contributed by atoms with Gasteiger partial charge in [0.2, 0.25) is 0 Å². The van der Waals surface area contributed by atoms with Gasteiger partial charge in [-0.25, -0.2) is 4.39 Å². The maximum atomic E-state index is 13.1. The summed E-state index contributed by atoms with van der Waals surface area (Å²) in [5.74, 6) is -0.574. The first-order valence-electron chi connectivity index (χ1n) is 10.5. The monoisotopic (exact) mass is 518 g/mol. The Morgan fingerprint density at radius 2 is 1.78 bits per heavy atom. The van der Waals surface area contributed by atoms with Gasteiger partial charge in [-0.1, -0.05) is 29.8 Å². The van der Waals surface area contributed by atoms with E-state index < -0.39 is 17.6 Å². The minimum absolute atomic E-state index is 0.116. The number of amides is 1. The number of carbonyl (C=O) groups excluding carboxylic acids is 1. The maximum Gasteiger partial charge on any atom is 0.416 e. The van der Waals surface area contributed by atoms with Crippen molar-refractivity contribution in [1.29, 1.82) is 5.26 Å². The molecule has 0 radical (unpaired) electrons. The van der Waals surface area contributed by atoms with Gasteiger partial charge in [0.15, 0.2) is 11.5 Å². The van der Waals surface area contributed by atoms with E-state index in [1.807, 2.05) is 0 Å². The van der Waals surface area contributed by atoms with Crippen LogP contribution in [-0.2, 0) is 17.6 Å².